The van der Waals surface area contributed by atoms with E-state index in [1.165, 1.54) is 28.9 Å². The SMILES string of the molecule is Cc1ccc(N2CCN(CC(O)c3c[nH]c4ccc(F)cc34)CC2)c(C)c1. The number of H-pyrrole nitrogens is 1. The van der Waals surface area contributed by atoms with Gasteiger partial charge in [-0.2, -0.15) is 0 Å². The number of hydrogen-bond donors (Lipinski definition) is 2. The number of halogens is 1. The van der Waals surface area contributed by atoms with Gasteiger partial charge in [-0.15, -0.1) is 0 Å². The molecule has 0 radical (unpaired) electrons. The molecule has 1 aliphatic heterocycles. The molecule has 3 aromatic rings. The van der Waals surface area contributed by atoms with Gasteiger partial charge < -0.3 is 15.0 Å². The predicted octanol–water partition coefficient (Wildman–Crippen LogP) is 3.78. The van der Waals surface area contributed by atoms with Crippen LogP contribution in [-0.4, -0.2) is 47.7 Å². The Kier molecular flexibility index (Phi) is 4.89. The molecule has 1 atom stereocenters. The number of β-amino-alcohol motifs (C(OH)–C–C–N with tert-alkyl or cyclic N) is 1. The zero-order chi connectivity index (χ0) is 19.0. The molecule has 1 unspecified atom stereocenters. The van der Waals surface area contributed by atoms with Crippen LogP contribution in [-0.2, 0) is 0 Å². The van der Waals surface area contributed by atoms with Gasteiger partial charge in [0.15, 0.2) is 0 Å². The molecule has 142 valence electrons. The van der Waals surface area contributed by atoms with Crippen LogP contribution >= 0.6 is 0 Å². The normalized spacial score (nSPS) is 16.8. The number of fused-ring (bicyclic) bond motifs is 1. The van der Waals surface area contributed by atoms with Crippen LogP contribution in [0.15, 0.2) is 42.6 Å². The fourth-order valence-corrected chi connectivity index (χ4v) is 4.06. The third-order valence-corrected chi connectivity index (χ3v) is 5.53. The Morgan fingerprint density at radius 2 is 1.85 bits per heavy atom. The summed E-state index contributed by atoms with van der Waals surface area (Å²) in [5, 5.41) is 11.5. The number of anilines is 1. The van der Waals surface area contributed by atoms with E-state index in [9.17, 15) is 9.50 Å². The molecule has 4 nitrogen and oxygen atoms in total. The first-order chi connectivity index (χ1) is 13.0. The molecule has 5 heteroatoms. The monoisotopic (exact) mass is 367 g/mol. The van der Waals surface area contributed by atoms with Gasteiger partial charge in [0, 0.05) is 61.1 Å². The molecule has 2 aromatic carbocycles. The van der Waals surface area contributed by atoms with Crippen molar-refractivity contribution < 1.29 is 9.50 Å². The van der Waals surface area contributed by atoms with Crippen molar-refractivity contribution in [1.29, 1.82) is 0 Å². The van der Waals surface area contributed by atoms with Crippen LogP contribution in [0.25, 0.3) is 10.9 Å². The van der Waals surface area contributed by atoms with Gasteiger partial charge in [0.1, 0.15) is 5.82 Å². The molecule has 27 heavy (non-hydrogen) atoms. The van der Waals surface area contributed by atoms with Crippen LogP contribution in [0, 0.1) is 19.7 Å². The Morgan fingerprint density at radius 1 is 1.07 bits per heavy atom. The molecule has 0 amide bonds. The summed E-state index contributed by atoms with van der Waals surface area (Å²) in [6, 6.07) is 11.2. The van der Waals surface area contributed by atoms with Gasteiger partial charge in [-0.3, -0.25) is 4.90 Å². The van der Waals surface area contributed by atoms with Gasteiger partial charge in [-0.1, -0.05) is 17.7 Å². The molecule has 1 fully saturated rings. The molecule has 0 spiro atoms. The number of piperazine rings is 1. The highest BCUT2D eigenvalue weighted by atomic mass is 19.1. The van der Waals surface area contributed by atoms with Gasteiger partial charge in [-0.25, -0.2) is 4.39 Å². The van der Waals surface area contributed by atoms with Crippen LogP contribution in [0.5, 0.6) is 0 Å². The zero-order valence-corrected chi connectivity index (χ0v) is 15.9. The Bertz CT molecular complexity index is 944. The molecule has 1 saturated heterocycles. The average Bonchev–Trinajstić information content (AvgIpc) is 3.06. The lowest BCUT2D eigenvalue weighted by molar-refractivity contribution is 0.110. The predicted molar refractivity (Wildman–Crippen MR) is 108 cm³/mol. The van der Waals surface area contributed by atoms with E-state index in [0.717, 1.165) is 42.6 Å². The summed E-state index contributed by atoms with van der Waals surface area (Å²) in [6.07, 6.45) is 1.16. The minimum absolute atomic E-state index is 0.280. The number of aliphatic hydroxyl groups is 1. The minimum Gasteiger partial charge on any atom is -0.387 e. The zero-order valence-electron chi connectivity index (χ0n) is 15.9. The summed E-state index contributed by atoms with van der Waals surface area (Å²) in [5.41, 5.74) is 5.51. The minimum atomic E-state index is -0.631. The maximum Gasteiger partial charge on any atom is 0.123 e. The lowest BCUT2D eigenvalue weighted by Crippen LogP contribution is -2.47. The van der Waals surface area contributed by atoms with Crippen molar-refractivity contribution in [3.05, 3.63) is 65.1 Å². The van der Waals surface area contributed by atoms with Gasteiger partial charge in [0.05, 0.1) is 6.10 Å². The van der Waals surface area contributed by atoms with E-state index in [-0.39, 0.29) is 5.82 Å². The topological polar surface area (TPSA) is 42.5 Å². The van der Waals surface area contributed by atoms with E-state index in [1.54, 1.807) is 12.3 Å². The van der Waals surface area contributed by atoms with E-state index < -0.39 is 6.10 Å². The van der Waals surface area contributed by atoms with E-state index in [2.05, 4.69) is 46.8 Å². The van der Waals surface area contributed by atoms with Crippen molar-refractivity contribution in [2.45, 2.75) is 20.0 Å². The summed E-state index contributed by atoms with van der Waals surface area (Å²) in [6.45, 7) is 8.53. The van der Waals surface area contributed by atoms with Crippen molar-refractivity contribution in [3.63, 3.8) is 0 Å². The van der Waals surface area contributed by atoms with Crippen molar-refractivity contribution >= 4 is 16.6 Å². The number of hydrogen-bond acceptors (Lipinski definition) is 3. The Balaban J connectivity index is 1.40. The third-order valence-electron chi connectivity index (χ3n) is 5.53. The molecular formula is C22H26FN3O. The number of nitrogens with one attached hydrogen (secondary N) is 1. The number of benzene rings is 2. The molecule has 4 rings (SSSR count). The highest BCUT2D eigenvalue weighted by Crippen LogP contribution is 2.27. The molecule has 0 saturated carbocycles. The molecule has 2 heterocycles. The van der Waals surface area contributed by atoms with Crippen LogP contribution in [0.2, 0.25) is 0 Å². The van der Waals surface area contributed by atoms with E-state index in [4.69, 9.17) is 0 Å². The number of aliphatic hydroxyl groups excluding tert-OH is 1. The first-order valence-corrected chi connectivity index (χ1v) is 9.50. The lowest BCUT2D eigenvalue weighted by Gasteiger charge is -2.37. The van der Waals surface area contributed by atoms with E-state index in [1.807, 2.05) is 0 Å². The van der Waals surface area contributed by atoms with Crippen molar-refractivity contribution in [2.75, 3.05) is 37.6 Å². The van der Waals surface area contributed by atoms with E-state index >= 15 is 0 Å². The Labute approximate surface area is 159 Å². The molecule has 2 N–H and O–H groups in total. The number of aromatic amines is 1. The largest absolute Gasteiger partial charge is 0.387 e. The summed E-state index contributed by atoms with van der Waals surface area (Å²) < 4.78 is 13.6. The summed E-state index contributed by atoms with van der Waals surface area (Å²) in [5.74, 6) is -0.280. The lowest BCUT2D eigenvalue weighted by atomic mass is 10.1. The maximum absolute atomic E-state index is 13.6. The van der Waals surface area contributed by atoms with Crippen LogP contribution in [0.3, 0.4) is 0 Å². The number of rotatable bonds is 4. The second-order valence-electron chi connectivity index (χ2n) is 7.53. The number of aromatic nitrogens is 1. The van der Waals surface area contributed by atoms with Crippen molar-refractivity contribution in [3.8, 4) is 0 Å². The van der Waals surface area contributed by atoms with Gasteiger partial charge in [-0.05, 0) is 43.7 Å². The molecular weight excluding hydrogens is 341 g/mol. The molecule has 0 aliphatic carbocycles. The first kappa shape index (κ1) is 18.0. The van der Waals surface area contributed by atoms with Gasteiger partial charge in [0.25, 0.3) is 0 Å². The second kappa shape index (κ2) is 7.33. The van der Waals surface area contributed by atoms with Crippen LogP contribution in [0.1, 0.15) is 22.8 Å². The van der Waals surface area contributed by atoms with Gasteiger partial charge in [0.2, 0.25) is 0 Å². The van der Waals surface area contributed by atoms with E-state index in [0.29, 0.717) is 6.54 Å². The first-order valence-electron chi connectivity index (χ1n) is 9.50. The second-order valence-corrected chi connectivity index (χ2v) is 7.53. The fourth-order valence-electron chi connectivity index (χ4n) is 4.06. The number of nitrogens with zero attached hydrogens (tertiary/aromatic N) is 2. The number of aryl methyl sites for hydroxylation is 2. The summed E-state index contributed by atoms with van der Waals surface area (Å²) >= 11 is 0. The van der Waals surface area contributed by atoms with Crippen LogP contribution < -0.4 is 4.90 Å². The Hall–Kier alpha value is -2.37. The highest BCUT2D eigenvalue weighted by molar-refractivity contribution is 5.83. The van der Waals surface area contributed by atoms with Crippen molar-refractivity contribution in [1.82, 2.24) is 9.88 Å². The quantitative estimate of drug-likeness (QED) is 0.737. The third kappa shape index (κ3) is 3.70. The highest BCUT2D eigenvalue weighted by Gasteiger charge is 2.22. The van der Waals surface area contributed by atoms with Gasteiger partial charge >= 0.3 is 0 Å². The molecule has 1 aliphatic rings. The fraction of sp³-hybridized carbons (Fsp3) is 0.364. The molecule has 0 bridgehead atoms. The smallest absolute Gasteiger partial charge is 0.123 e. The Morgan fingerprint density at radius 3 is 2.59 bits per heavy atom. The summed E-state index contributed by atoms with van der Waals surface area (Å²) in [7, 11) is 0. The van der Waals surface area contributed by atoms with Crippen molar-refractivity contribution in [2.24, 2.45) is 0 Å². The average molecular weight is 367 g/mol. The van der Waals surface area contributed by atoms with Crippen LogP contribution in [0.4, 0.5) is 10.1 Å². The standard InChI is InChI=1S/C22H26FN3O/c1-15-3-6-21(16(2)11-15)26-9-7-25(8-10-26)14-22(27)19-13-24-20-5-4-17(23)12-18(19)20/h3-6,11-13,22,24,27H,7-10,14H2,1-2H3. The summed E-state index contributed by atoms with van der Waals surface area (Å²) in [4.78, 5) is 7.82. The maximum atomic E-state index is 13.6. The molecule has 1 aromatic heterocycles.